The average Bonchev–Trinajstić information content (AvgIpc) is 2.30. The lowest BCUT2D eigenvalue weighted by Gasteiger charge is -2.31. The van der Waals surface area contributed by atoms with E-state index in [1.165, 1.54) is 13.4 Å². The van der Waals surface area contributed by atoms with Gasteiger partial charge in [-0.25, -0.2) is 4.98 Å². The second-order valence-corrected chi connectivity index (χ2v) is 4.26. The lowest BCUT2D eigenvalue weighted by atomic mass is 9.99. The topological polar surface area (TPSA) is 58.2 Å². The van der Waals surface area contributed by atoms with Crippen molar-refractivity contribution in [3.8, 4) is 5.75 Å². The van der Waals surface area contributed by atoms with Gasteiger partial charge in [0.15, 0.2) is 5.82 Å². The highest BCUT2D eigenvalue weighted by molar-refractivity contribution is 5.50. The molecule has 0 aromatic carbocycles. The fraction of sp³-hybridized carbons (Fsp3) is 0.636. The van der Waals surface area contributed by atoms with Gasteiger partial charge in [0.1, 0.15) is 0 Å². The summed E-state index contributed by atoms with van der Waals surface area (Å²) in [6.45, 7) is 4.13. The fourth-order valence-corrected chi connectivity index (χ4v) is 2.01. The van der Waals surface area contributed by atoms with Gasteiger partial charge in [0.05, 0.1) is 13.4 Å². The Bertz CT molecular complexity index is 408. The highest BCUT2D eigenvalue weighted by Gasteiger charge is 2.21. The standard InChI is InChI=1S/C11H17N3O2/c1-8-3-5-14(6-4-8)10-9(16-2)11(15)13-7-12-10/h7-8H,3-6H2,1-2H3,(H,12,13,15). The van der Waals surface area contributed by atoms with Crippen molar-refractivity contribution in [2.45, 2.75) is 19.8 Å². The quantitative estimate of drug-likeness (QED) is 0.813. The van der Waals surface area contributed by atoms with Crippen molar-refractivity contribution in [2.24, 2.45) is 5.92 Å². The van der Waals surface area contributed by atoms with Gasteiger partial charge in [-0.2, -0.15) is 0 Å². The molecule has 2 heterocycles. The molecular weight excluding hydrogens is 206 g/mol. The monoisotopic (exact) mass is 223 g/mol. The fourth-order valence-electron chi connectivity index (χ4n) is 2.01. The second kappa shape index (κ2) is 4.55. The van der Waals surface area contributed by atoms with Crippen LogP contribution in [0.25, 0.3) is 0 Å². The molecule has 1 saturated heterocycles. The summed E-state index contributed by atoms with van der Waals surface area (Å²) in [4.78, 5) is 20.4. The highest BCUT2D eigenvalue weighted by atomic mass is 16.5. The molecule has 0 spiro atoms. The first-order chi connectivity index (χ1) is 7.72. The van der Waals surface area contributed by atoms with Crippen LogP contribution in [-0.4, -0.2) is 30.2 Å². The number of aromatic nitrogens is 2. The lowest BCUT2D eigenvalue weighted by Crippen LogP contribution is -2.34. The Balaban J connectivity index is 2.26. The molecule has 1 aromatic rings. The SMILES string of the molecule is COc1c(N2CCC(C)CC2)nc[nH]c1=O. The normalized spacial score (nSPS) is 17.5. The maximum absolute atomic E-state index is 11.5. The maximum Gasteiger partial charge on any atom is 0.295 e. The van der Waals surface area contributed by atoms with Crippen molar-refractivity contribution in [3.63, 3.8) is 0 Å². The zero-order chi connectivity index (χ0) is 11.5. The van der Waals surface area contributed by atoms with Gasteiger partial charge in [-0.3, -0.25) is 4.79 Å². The van der Waals surface area contributed by atoms with Gasteiger partial charge in [0, 0.05) is 13.1 Å². The zero-order valence-corrected chi connectivity index (χ0v) is 9.69. The van der Waals surface area contributed by atoms with Crippen LogP contribution < -0.4 is 15.2 Å². The lowest BCUT2D eigenvalue weighted by molar-refractivity contribution is 0.395. The van der Waals surface area contributed by atoms with E-state index in [0.717, 1.165) is 31.8 Å². The summed E-state index contributed by atoms with van der Waals surface area (Å²) in [6.07, 6.45) is 3.70. The van der Waals surface area contributed by atoms with E-state index in [1.54, 1.807) is 0 Å². The van der Waals surface area contributed by atoms with Gasteiger partial charge >= 0.3 is 0 Å². The van der Waals surface area contributed by atoms with Crippen LogP contribution in [0.15, 0.2) is 11.1 Å². The Morgan fingerprint density at radius 1 is 1.50 bits per heavy atom. The van der Waals surface area contributed by atoms with Gasteiger partial charge in [0.25, 0.3) is 5.56 Å². The minimum atomic E-state index is -0.217. The van der Waals surface area contributed by atoms with E-state index in [2.05, 4.69) is 21.8 Å². The van der Waals surface area contributed by atoms with Crippen molar-refractivity contribution in [3.05, 3.63) is 16.7 Å². The third-order valence-corrected chi connectivity index (χ3v) is 3.08. The van der Waals surface area contributed by atoms with Gasteiger partial charge in [-0.05, 0) is 18.8 Å². The predicted molar refractivity (Wildman–Crippen MR) is 62.0 cm³/mol. The second-order valence-electron chi connectivity index (χ2n) is 4.26. The third kappa shape index (κ3) is 2.03. The highest BCUT2D eigenvalue weighted by Crippen LogP contribution is 2.25. The molecule has 1 aliphatic rings. The summed E-state index contributed by atoms with van der Waals surface area (Å²) < 4.78 is 5.11. The number of rotatable bonds is 2. The minimum Gasteiger partial charge on any atom is -0.489 e. The van der Waals surface area contributed by atoms with Crippen LogP contribution in [0, 0.1) is 5.92 Å². The van der Waals surface area contributed by atoms with Crippen molar-refractivity contribution in [1.29, 1.82) is 0 Å². The number of aromatic amines is 1. The summed E-state index contributed by atoms with van der Waals surface area (Å²) in [5.74, 6) is 1.74. The molecular formula is C11H17N3O2. The largest absolute Gasteiger partial charge is 0.489 e. The van der Waals surface area contributed by atoms with Crippen LogP contribution in [0.4, 0.5) is 5.82 Å². The summed E-state index contributed by atoms with van der Waals surface area (Å²) in [5, 5.41) is 0. The van der Waals surface area contributed by atoms with Crippen molar-refractivity contribution in [1.82, 2.24) is 9.97 Å². The van der Waals surface area contributed by atoms with Crippen LogP contribution in [0.5, 0.6) is 5.75 Å². The Morgan fingerprint density at radius 2 is 2.19 bits per heavy atom. The van der Waals surface area contributed by atoms with E-state index in [4.69, 9.17) is 4.74 Å². The number of nitrogens with zero attached hydrogens (tertiary/aromatic N) is 2. The van der Waals surface area contributed by atoms with Crippen LogP contribution >= 0.6 is 0 Å². The number of nitrogens with one attached hydrogen (secondary N) is 1. The molecule has 16 heavy (non-hydrogen) atoms. The number of H-pyrrole nitrogens is 1. The number of ether oxygens (including phenoxy) is 1. The first-order valence-electron chi connectivity index (χ1n) is 5.59. The van der Waals surface area contributed by atoms with E-state index in [0.29, 0.717) is 11.6 Å². The number of hydrogen-bond donors (Lipinski definition) is 1. The van der Waals surface area contributed by atoms with Crippen molar-refractivity contribution >= 4 is 5.82 Å². The summed E-state index contributed by atoms with van der Waals surface area (Å²) in [5.41, 5.74) is -0.217. The molecule has 1 aliphatic heterocycles. The average molecular weight is 223 g/mol. The van der Waals surface area contributed by atoms with Crippen LogP contribution in [0.3, 0.4) is 0 Å². The summed E-state index contributed by atoms with van der Waals surface area (Å²) >= 11 is 0. The molecule has 0 radical (unpaired) electrons. The molecule has 5 nitrogen and oxygen atoms in total. The molecule has 0 atom stereocenters. The molecule has 1 fully saturated rings. The molecule has 88 valence electrons. The number of piperidine rings is 1. The summed E-state index contributed by atoms with van der Waals surface area (Å²) in [7, 11) is 1.50. The molecule has 1 N–H and O–H groups in total. The molecule has 0 saturated carbocycles. The van der Waals surface area contributed by atoms with Crippen molar-refractivity contribution < 1.29 is 4.74 Å². The van der Waals surface area contributed by atoms with Gasteiger partial charge in [-0.1, -0.05) is 6.92 Å². The van der Waals surface area contributed by atoms with Crippen LogP contribution in [0.2, 0.25) is 0 Å². The van der Waals surface area contributed by atoms with Crippen LogP contribution in [-0.2, 0) is 0 Å². The van der Waals surface area contributed by atoms with E-state index >= 15 is 0 Å². The molecule has 1 aromatic heterocycles. The van der Waals surface area contributed by atoms with Gasteiger partial charge in [0.2, 0.25) is 5.75 Å². The van der Waals surface area contributed by atoms with Gasteiger partial charge in [-0.15, -0.1) is 0 Å². The Hall–Kier alpha value is -1.52. The maximum atomic E-state index is 11.5. The number of methoxy groups -OCH3 is 1. The van der Waals surface area contributed by atoms with E-state index in [1.807, 2.05) is 0 Å². The molecule has 0 aliphatic carbocycles. The van der Waals surface area contributed by atoms with E-state index < -0.39 is 0 Å². The van der Waals surface area contributed by atoms with E-state index in [-0.39, 0.29) is 5.56 Å². The predicted octanol–water partition coefficient (Wildman–Crippen LogP) is 1.01. The summed E-state index contributed by atoms with van der Waals surface area (Å²) in [6, 6.07) is 0. The molecule has 0 unspecified atom stereocenters. The molecule has 2 rings (SSSR count). The van der Waals surface area contributed by atoms with Crippen molar-refractivity contribution in [2.75, 3.05) is 25.1 Å². The number of anilines is 1. The molecule has 0 amide bonds. The Kier molecular flexibility index (Phi) is 3.12. The first kappa shape index (κ1) is 11.0. The smallest absolute Gasteiger partial charge is 0.295 e. The Labute approximate surface area is 94.5 Å². The van der Waals surface area contributed by atoms with E-state index in [9.17, 15) is 4.79 Å². The van der Waals surface area contributed by atoms with Gasteiger partial charge < -0.3 is 14.6 Å². The van der Waals surface area contributed by atoms with Crippen LogP contribution in [0.1, 0.15) is 19.8 Å². The molecule has 5 heteroatoms. The number of hydrogen-bond acceptors (Lipinski definition) is 4. The zero-order valence-electron chi connectivity index (χ0n) is 9.69. The Morgan fingerprint density at radius 3 is 2.81 bits per heavy atom. The molecule has 0 bridgehead atoms. The third-order valence-electron chi connectivity index (χ3n) is 3.08. The first-order valence-corrected chi connectivity index (χ1v) is 5.59. The minimum absolute atomic E-state index is 0.217.